The molecule has 0 unspecified atom stereocenters. The molecule has 0 saturated carbocycles. The van der Waals surface area contributed by atoms with Crippen molar-refractivity contribution >= 4 is 17.7 Å². The van der Waals surface area contributed by atoms with Crippen LogP contribution in [0, 0.1) is 0 Å². The number of methoxy groups -OCH3 is 1. The highest BCUT2D eigenvalue weighted by Crippen LogP contribution is 2.21. The average Bonchev–Trinajstić information content (AvgIpc) is 2.87. The Morgan fingerprint density at radius 3 is 2.17 bits per heavy atom. The number of aliphatic hydroxyl groups excluding tert-OH is 1. The van der Waals surface area contributed by atoms with Gasteiger partial charge in [0.1, 0.15) is 6.04 Å². The van der Waals surface area contributed by atoms with E-state index < -0.39 is 29.9 Å². The van der Waals surface area contributed by atoms with Crippen molar-refractivity contribution in [1.82, 2.24) is 15.7 Å². The summed E-state index contributed by atoms with van der Waals surface area (Å²) in [5, 5.41) is 25.3. The SMILES string of the molecule is CCc1ccc(-c2ccc(C(=O)N[C@H](C(=O)CCCN(O)C(=O)NCCOC)[C@@H](C)O)cc2)cc1. The first-order chi connectivity index (χ1) is 16.8. The molecule has 0 bridgehead atoms. The van der Waals surface area contributed by atoms with Crippen molar-refractivity contribution in [3.63, 3.8) is 0 Å². The molecule has 35 heavy (non-hydrogen) atoms. The van der Waals surface area contributed by atoms with Gasteiger partial charge in [0.05, 0.1) is 19.3 Å². The molecule has 0 aromatic heterocycles. The van der Waals surface area contributed by atoms with Crippen molar-refractivity contribution in [3.05, 3.63) is 59.7 Å². The van der Waals surface area contributed by atoms with Crippen LogP contribution in [-0.2, 0) is 16.0 Å². The summed E-state index contributed by atoms with van der Waals surface area (Å²) < 4.78 is 4.81. The van der Waals surface area contributed by atoms with Gasteiger partial charge in [0.15, 0.2) is 5.78 Å². The van der Waals surface area contributed by atoms with Gasteiger partial charge in [-0.3, -0.25) is 14.8 Å². The predicted octanol–water partition coefficient (Wildman–Crippen LogP) is 2.79. The van der Waals surface area contributed by atoms with Gasteiger partial charge in [-0.05, 0) is 48.6 Å². The van der Waals surface area contributed by atoms with Crippen LogP contribution in [0.1, 0.15) is 42.6 Å². The van der Waals surface area contributed by atoms with Gasteiger partial charge in [-0.15, -0.1) is 0 Å². The molecule has 0 saturated heterocycles. The second kappa shape index (κ2) is 14.2. The fourth-order valence-electron chi connectivity index (χ4n) is 3.45. The number of aliphatic hydroxyl groups is 1. The molecule has 190 valence electrons. The van der Waals surface area contributed by atoms with E-state index in [-0.39, 0.29) is 25.9 Å². The Bertz CT molecular complexity index is 960. The summed E-state index contributed by atoms with van der Waals surface area (Å²) in [6, 6.07) is 13.4. The van der Waals surface area contributed by atoms with Crippen LogP contribution in [0.15, 0.2) is 48.5 Å². The molecule has 2 aromatic carbocycles. The Hall–Kier alpha value is -3.27. The third kappa shape index (κ3) is 8.79. The van der Waals surface area contributed by atoms with Crippen LogP contribution in [0.5, 0.6) is 0 Å². The fraction of sp³-hybridized carbons (Fsp3) is 0.423. The number of urea groups is 1. The molecule has 0 spiro atoms. The number of hydrogen-bond donors (Lipinski definition) is 4. The number of hydroxylamine groups is 2. The molecule has 0 heterocycles. The van der Waals surface area contributed by atoms with E-state index in [9.17, 15) is 24.7 Å². The highest BCUT2D eigenvalue weighted by atomic mass is 16.5. The fourth-order valence-corrected chi connectivity index (χ4v) is 3.45. The summed E-state index contributed by atoms with van der Waals surface area (Å²) in [4.78, 5) is 37.0. The zero-order valence-corrected chi connectivity index (χ0v) is 20.5. The van der Waals surface area contributed by atoms with E-state index in [0.717, 1.165) is 17.5 Å². The smallest absolute Gasteiger partial charge is 0.341 e. The summed E-state index contributed by atoms with van der Waals surface area (Å²) in [5.41, 5.74) is 3.62. The van der Waals surface area contributed by atoms with E-state index in [4.69, 9.17) is 4.74 Å². The first-order valence-electron chi connectivity index (χ1n) is 11.7. The Labute approximate surface area is 206 Å². The molecule has 2 rings (SSSR count). The Morgan fingerprint density at radius 2 is 1.63 bits per heavy atom. The van der Waals surface area contributed by atoms with Crippen molar-refractivity contribution in [2.24, 2.45) is 0 Å². The standard InChI is InChI=1S/C26H35N3O6/c1-4-19-7-9-20(10-8-19)21-11-13-22(14-12-21)25(32)28-24(18(2)30)23(31)6-5-16-29(34)26(33)27-15-17-35-3/h7-14,18,24,30,34H,4-6,15-17H2,1-3H3,(H,27,33)(H,28,32)/t18-,24+/m1/s1. The van der Waals surface area contributed by atoms with Crippen molar-refractivity contribution in [2.45, 2.75) is 45.3 Å². The van der Waals surface area contributed by atoms with Crippen molar-refractivity contribution < 1.29 is 29.4 Å². The second-order valence-corrected chi connectivity index (χ2v) is 8.24. The molecule has 2 atom stereocenters. The summed E-state index contributed by atoms with van der Waals surface area (Å²) in [5.74, 6) is -0.868. The van der Waals surface area contributed by atoms with E-state index in [1.165, 1.54) is 19.6 Å². The molecular formula is C26H35N3O6. The number of nitrogens with zero attached hydrogens (tertiary/aromatic N) is 1. The zero-order chi connectivity index (χ0) is 25.8. The van der Waals surface area contributed by atoms with Crippen LogP contribution < -0.4 is 10.6 Å². The third-order valence-electron chi connectivity index (χ3n) is 5.57. The lowest BCUT2D eigenvalue weighted by molar-refractivity contribution is -0.123. The minimum Gasteiger partial charge on any atom is -0.391 e. The molecule has 0 fully saturated rings. The van der Waals surface area contributed by atoms with Crippen LogP contribution in [-0.4, -0.2) is 72.1 Å². The molecule has 4 N–H and O–H groups in total. The lowest BCUT2D eigenvalue weighted by Gasteiger charge is -2.21. The molecule has 2 aromatic rings. The summed E-state index contributed by atoms with van der Waals surface area (Å²) in [6.45, 7) is 3.99. The maximum Gasteiger partial charge on any atom is 0.341 e. The Kier molecular flexibility index (Phi) is 11.4. The number of carbonyl (C=O) groups excluding carboxylic acids is 3. The Balaban J connectivity index is 1.90. The van der Waals surface area contributed by atoms with Crippen molar-refractivity contribution in [1.29, 1.82) is 0 Å². The lowest BCUT2D eigenvalue weighted by Crippen LogP contribution is -2.48. The first kappa shape index (κ1) is 28.0. The number of Topliss-reactive ketones (excluding diaryl/α,β-unsaturated/α-hetero) is 1. The molecule has 0 radical (unpaired) electrons. The van der Waals surface area contributed by atoms with Gasteiger partial charge >= 0.3 is 6.03 Å². The van der Waals surface area contributed by atoms with Gasteiger partial charge in [0.25, 0.3) is 5.91 Å². The first-order valence-corrected chi connectivity index (χ1v) is 11.7. The number of hydrogen-bond acceptors (Lipinski definition) is 6. The monoisotopic (exact) mass is 485 g/mol. The van der Waals surface area contributed by atoms with Crippen LogP contribution in [0.4, 0.5) is 4.79 Å². The van der Waals surface area contributed by atoms with Gasteiger partial charge < -0.3 is 20.5 Å². The number of carbonyl (C=O) groups is 3. The highest BCUT2D eigenvalue weighted by molar-refractivity contribution is 5.98. The number of ketones is 1. The molecule has 3 amide bonds. The van der Waals surface area contributed by atoms with Crippen molar-refractivity contribution in [3.8, 4) is 11.1 Å². The maximum absolute atomic E-state index is 12.7. The van der Waals surface area contributed by atoms with Gasteiger partial charge in [-0.2, -0.15) is 0 Å². The molecular weight excluding hydrogens is 450 g/mol. The minimum atomic E-state index is -1.11. The van der Waals surface area contributed by atoms with Crippen LogP contribution in [0.3, 0.4) is 0 Å². The number of aryl methyl sites for hydroxylation is 1. The molecule has 9 nitrogen and oxygen atoms in total. The van der Waals surface area contributed by atoms with E-state index in [2.05, 4.69) is 29.7 Å². The van der Waals surface area contributed by atoms with E-state index in [1.54, 1.807) is 12.1 Å². The number of rotatable bonds is 13. The molecule has 0 aliphatic carbocycles. The number of benzene rings is 2. The molecule has 0 aliphatic heterocycles. The lowest BCUT2D eigenvalue weighted by atomic mass is 10.0. The summed E-state index contributed by atoms with van der Waals surface area (Å²) in [6.07, 6.45) is -0.0152. The molecule has 9 heteroatoms. The second-order valence-electron chi connectivity index (χ2n) is 8.24. The average molecular weight is 486 g/mol. The number of ether oxygens (including phenoxy) is 1. The van der Waals surface area contributed by atoms with Crippen LogP contribution in [0.25, 0.3) is 11.1 Å². The van der Waals surface area contributed by atoms with Gasteiger partial charge in [-0.1, -0.05) is 43.3 Å². The maximum atomic E-state index is 12.7. The van der Waals surface area contributed by atoms with E-state index in [0.29, 0.717) is 17.2 Å². The van der Waals surface area contributed by atoms with E-state index in [1.807, 2.05) is 24.3 Å². The normalized spacial score (nSPS) is 12.5. The summed E-state index contributed by atoms with van der Waals surface area (Å²) in [7, 11) is 1.49. The van der Waals surface area contributed by atoms with Crippen LogP contribution in [0.2, 0.25) is 0 Å². The van der Waals surface area contributed by atoms with Gasteiger partial charge in [0.2, 0.25) is 0 Å². The largest absolute Gasteiger partial charge is 0.391 e. The van der Waals surface area contributed by atoms with Gasteiger partial charge in [-0.25, -0.2) is 9.86 Å². The minimum absolute atomic E-state index is 0.0368. The van der Waals surface area contributed by atoms with Crippen LogP contribution >= 0.6 is 0 Å². The zero-order valence-electron chi connectivity index (χ0n) is 20.5. The van der Waals surface area contributed by atoms with Gasteiger partial charge in [0, 0.05) is 25.6 Å². The highest BCUT2D eigenvalue weighted by Gasteiger charge is 2.26. The van der Waals surface area contributed by atoms with E-state index >= 15 is 0 Å². The van der Waals surface area contributed by atoms with Crippen molar-refractivity contribution in [2.75, 3.05) is 26.8 Å². The predicted molar refractivity (Wildman–Crippen MR) is 132 cm³/mol. The number of nitrogens with one attached hydrogen (secondary N) is 2. The molecule has 0 aliphatic rings. The summed E-state index contributed by atoms with van der Waals surface area (Å²) >= 11 is 0. The quantitative estimate of drug-likeness (QED) is 0.196. The third-order valence-corrected chi connectivity index (χ3v) is 5.57. The topological polar surface area (TPSA) is 128 Å². The number of amides is 3. The Morgan fingerprint density at radius 1 is 1.03 bits per heavy atom.